The van der Waals surface area contributed by atoms with Crippen LogP contribution >= 0.6 is 11.6 Å². The van der Waals surface area contributed by atoms with Crippen LogP contribution in [0.2, 0.25) is 0 Å². The van der Waals surface area contributed by atoms with Crippen LogP contribution < -0.4 is 4.74 Å². The maximum Gasteiger partial charge on any atom is 0.121 e. The number of aryl methyl sites for hydroxylation is 2. The monoisotopic (exact) mass is 314 g/mol. The van der Waals surface area contributed by atoms with Gasteiger partial charge >= 0.3 is 0 Å². The van der Waals surface area contributed by atoms with Crippen molar-refractivity contribution in [2.75, 3.05) is 25.0 Å². The fourth-order valence-electron chi connectivity index (χ4n) is 2.23. The molecule has 4 nitrogen and oxygen atoms in total. The molecule has 0 radical (unpaired) electrons. The predicted molar refractivity (Wildman–Crippen MR) is 84.3 cm³/mol. The van der Waals surface area contributed by atoms with E-state index in [1.54, 1.807) is 13.4 Å². The van der Waals surface area contributed by atoms with E-state index in [0.29, 0.717) is 11.6 Å². The maximum atomic E-state index is 11.2. The van der Waals surface area contributed by atoms with Crippen LogP contribution in [-0.4, -0.2) is 38.8 Å². The van der Waals surface area contributed by atoms with Gasteiger partial charge in [0.2, 0.25) is 0 Å². The van der Waals surface area contributed by atoms with Crippen molar-refractivity contribution in [2.45, 2.75) is 19.4 Å². The Morgan fingerprint density at radius 1 is 1.45 bits per heavy atom. The number of rotatable bonds is 7. The van der Waals surface area contributed by atoms with E-state index in [0.717, 1.165) is 42.0 Å². The molecule has 0 saturated heterocycles. The van der Waals surface area contributed by atoms with Gasteiger partial charge in [0.25, 0.3) is 0 Å². The number of nitrogens with zero attached hydrogens (tertiary/aromatic N) is 2. The smallest absolute Gasteiger partial charge is 0.121 e. The van der Waals surface area contributed by atoms with Crippen LogP contribution in [0.25, 0.3) is 11.0 Å². The molecular weight excluding hydrogens is 296 g/mol. The van der Waals surface area contributed by atoms with Crippen LogP contribution in [0.1, 0.15) is 12.2 Å². The van der Waals surface area contributed by atoms with Crippen molar-refractivity contribution in [2.24, 2.45) is 0 Å². The summed E-state index contributed by atoms with van der Waals surface area (Å²) in [6.45, 7) is 0.801. The van der Waals surface area contributed by atoms with Gasteiger partial charge < -0.3 is 9.30 Å². The van der Waals surface area contributed by atoms with Crippen molar-refractivity contribution >= 4 is 33.4 Å². The first-order valence-corrected chi connectivity index (χ1v) is 8.81. The van der Waals surface area contributed by atoms with Crippen LogP contribution in [0.15, 0.2) is 18.2 Å². The highest BCUT2D eigenvalue weighted by Gasteiger charge is 2.11. The highest BCUT2D eigenvalue weighted by atomic mass is 35.5. The van der Waals surface area contributed by atoms with Gasteiger partial charge in [-0.05, 0) is 18.6 Å². The number of benzene rings is 1. The van der Waals surface area contributed by atoms with E-state index >= 15 is 0 Å². The van der Waals surface area contributed by atoms with Crippen LogP contribution in [-0.2, 0) is 23.8 Å². The Hall–Kier alpha value is -1.07. The molecule has 0 spiro atoms. The number of aromatic nitrogens is 2. The zero-order valence-corrected chi connectivity index (χ0v) is 13.3. The summed E-state index contributed by atoms with van der Waals surface area (Å²) < 4.78 is 18.6. The molecule has 0 saturated carbocycles. The Morgan fingerprint density at radius 3 is 2.90 bits per heavy atom. The van der Waals surface area contributed by atoms with Crippen molar-refractivity contribution < 1.29 is 8.95 Å². The number of alkyl halides is 1. The number of halogens is 1. The van der Waals surface area contributed by atoms with Gasteiger partial charge in [-0.25, -0.2) is 4.98 Å². The molecule has 0 aliphatic heterocycles. The summed E-state index contributed by atoms with van der Waals surface area (Å²) in [5, 5.41) is 0. The zero-order chi connectivity index (χ0) is 14.5. The van der Waals surface area contributed by atoms with Gasteiger partial charge in [0, 0.05) is 47.7 Å². The van der Waals surface area contributed by atoms with Crippen LogP contribution in [0, 0.1) is 0 Å². The first kappa shape index (κ1) is 15.3. The van der Waals surface area contributed by atoms with E-state index < -0.39 is 10.8 Å². The second-order valence-electron chi connectivity index (χ2n) is 4.60. The molecule has 1 atom stereocenters. The highest BCUT2D eigenvalue weighted by molar-refractivity contribution is 7.84. The second kappa shape index (κ2) is 7.09. The van der Waals surface area contributed by atoms with Crippen molar-refractivity contribution in [3.8, 4) is 5.75 Å². The quantitative estimate of drug-likeness (QED) is 0.738. The van der Waals surface area contributed by atoms with Gasteiger partial charge in [-0.1, -0.05) is 0 Å². The average molecular weight is 315 g/mol. The first-order chi connectivity index (χ1) is 9.65. The van der Waals surface area contributed by atoms with E-state index in [-0.39, 0.29) is 0 Å². The molecule has 0 amide bonds. The minimum atomic E-state index is -0.762. The molecule has 0 bridgehead atoms. The Balaban J connectivity index is 2.35. The molecule has 0 N–H and O–H groups in total. The predicted octanol–water partition coefficient (Wildman–Crippen LogP) is 2.59. The molecule has 0 aliphatic carbocycles. The third-order valence-electron chi connectivity index (χ3n) is 3.17. The van der Waals surface area contributed by atoms with E-state index in [1.807, 2.05) is 18.2 Å². The van der Waals surface area contributed by atoms with Crippen molar-refractivity contribution in [1.82, 2.24) is 9.55 Å². The van der Waals surface area contributed by atoms with Crippen LogP contribution in [0.5, 0.6) is 5.75 Å². The molecule has 1 aromatic carbocycles. The zero-order valence-electron chi connectivity index (χ0n) is 11.8. The topological polar surface area (TPSA) is 44.1 Å². The standard InChI is InChI=1S/C14H19ClN2O2S/c1-19-11-4-5-12-13(10-11)17(8-3-9-20(2)18)14(16-12)6-7-15/h4-5,10H,3,6-9H2,1-2H3. The number of methoxy groups -OCH3 is 1. The lowest BCUT2D eigenvalue weighted by Crippen LogP contribution is -2.07. The van der Waals surface area contributed by atoms with Crippen LogP contribution in [0.4, 0.5) is 0 Å². The number of ether oxygens (including phenoxy) is 1. The average Bonchev–Trinajstić information content (AvgIpc) is 2.76. The summed E-state index contributed by atoms with van der Waals surface area (Å²) in [6, 6.07) is 5.86. The largest absolute Gasteiger partial charge is 0.497 e. The fourth-order valence-corrected chi connectivity index (χ4v) is 2.93. The molecular formula is C14H19ClN2O2S. The number of hydrogen-bond donors (Lipinski definition) is 0. The lowest BCUT2D eigenvalue weighted by atomic mass is 10.3. The second-order valence-corrected chi connectivity index (χ2v) is 6.54. The fraction of sp³-hybridized carbons (Fsp3) is 0.500. The summed E-state index contributed by atoms with van der Waals surface area (Å²) in [5.41, 5.74) is 2.00. The Morgan fingerprint density at radius 2 is 2.25 bits per heavy atom. The highest BCUT2D eigenvalue weighted by Crippen LogP contribution is 2.22. The van der Waals surface area contributed by atoms with Gasteiger partial charge in [-0.3, -0.25) is 4.21 Å². The van der Waals surface area contributed by atoms with Gasteiger partial charge in [0.1, 0.15) is 11.6 Å². The Bertz CT molecular complexity index is 612. The summed E-state index contributed by atoms with van der Waals surface area (Å²) in [7, 11) is 0.893. The van der Waals surface area contributed by atoms with E-state index in [9.17, 15) is 4.21 Å². The number of hydrogen-bond acceptors (Lipinski definition) is 3. The van der Waals surface area contributed by atoms with Gasteiger partial charge in [-0.2, -0.15) is 0 Å². The normalized spacial score (nSPS) is 12.8. The lowest BCUT2D eigenvalue weighted by molar-refractivity contribution is 0.415. The molecule has 0 aliphatic rings. The van der Waals surface area contributed by atoms with E-state index in [2.05, 4.69) is 9.55 Å². The van der Waals surface area contributed by atoms with Crippen molar-refractivity contribution in [1.29, 1.82) is 0 Å². The number of fused-ring (bicyclic) bond motifs is 1. The Labute approximate surface area is 126 Å². The SMILES string of the molecule is COc1ccc2nc(CCCl)n(CCCS(C)=O)c2c1. The maximum absolute atomic E-state index is 11.2. The van der Waals surface area contributed by atoms with E-state index in [1.165, 1.54) is 0 Å². The van der Waals surface area contributed by atoms with Gasteiger partial charge in [0.05, 0.1) is 18.1 Å². The summed E-state index contributed by atoms with van der Waals surface area (Å²) in [5.74, 6) is 3.03. The first-order valence-electron chi connectivity index (χ1n) is 6.55. The van der Waals surface area contributed by atoms with Crippen molar-refractivity contribution in [3.05, 3.63) is 24.0 Å². The van der Waals surface area contributed by atoms with Gasteiger partial charge in [0.15, 0.2) is 0 Å². The summed E-state index contributed by atoms with van der Waals surface area (Å²) >= 11 is 5.85. The third-order valence-corrected chi connectivity index (χ3v) is 4.22. The molecule has 0 fully saturated rings. The Kier molecular flexibility index (Phi) is 5.43. The minimum Gasteiger partial charge on any atom is -0.497 e. The van der Waals surface area contributed by atoms with Crippen LogP contribution in [0.3, 0.4) is 0 Å². The number of imidazole rings is 1. The van der Waals surface area contributed by atoms with E-state index in [4.69, 9.17) is 16.3 Å². The molecule has 1 heterocycles. The molecule has 2 rings (SSSR count). The molecule has 2 aromatic rings. The molecule has 6 heteroatoms. The molecule has 110 valence electrons. The third kappa shape index (κ3) is 3.52. The molecule has 1 aromatic heterocycles. The van der Waals surface area contributed by atoms with Crippen molar-refractivity contribution in [3.63, 3.8) is 0 Å². The van der Waals surface area contributed by atoms with Gasteiger partial charge in [-0.15, -0.1) is 11.6 Å². The summed E-state index contributed by atoms with van der Waals surface area (Å²) in [4.78, 5) is 4.62. The molecule has 20 heavy (non-hydrogen) atoms. The molecule has 1 unspecified atom stereocenters. The minimum absolute atomic E-state index is 0.542. The summed E-state index contributed by atoms with van der Waals surface area (Å²) in [6.07, 6.45) is 3.32. The lowest BCUT2D eigenvalue weighted by Gasteiger charge is -2.08.